The van der Waals surface area contributed by atoms with Crippen molar-refractivity contribution >= 4 is 5.91 Å². The number of aromatic nitrogens is 3. The van der Waals surface area contributed by atoms with Crippen LogP contribution in [0.5, 0.6) is 0 Å². The predicted molar refractivity (Wildman–Crippen MR) is 97.5 cm³/mol. The van der Waals surface area contributed by atoms with Crippen LogP contribution in [0.1, 0.15) is 63.0 Å². The molecule has 3 rings (SSSR count). The van der Waals surface area contributed by atoms with Crippen LogP contribution >= 0.6 is 0 Å². The minimum Gasteiger partial charge on any atom is -0.349 e. The Kier molecular flexibility index (Phi) is 5.74. The molecule has 7 nitrogen and oxygen atoms in total. The van der Waals surface area contributed by atoms with Gasteiger partial charge in [0.15, 0.2) is 5.69 Å². The highest BCUT2D eigenvalue weighted by Crippen LogP contribution is 2.23. The first-order valence-electron chi connectivity index (χ1n) is 9.61. The molecule has 0 bridgehead atoms. The van der Waals surface area contributed by atoms with Gasteiger partial charge in [-0.15, -0.1) is 5.10 Å². The van der Waals surface area contributed by atoms with Crippen molar-refractivity contribution < 1.29 is 4.79 Å². The number of piperidine rings is 2. The predicted octanol–water partition coefficient (Wildman–Crippen LogP) is 1.44. The zero-order valence-corrected chi connectivity index (χ0v) is 15.8. The zero-order chi connectivity index (χ0) is 17.9. The second-order valence-electron chi connectivity index (χ2n) is 8.25. The van der Waals surface area contributed by atoms with Crippen molar-refractivity contribution in [1.29, 1.82) is 0 Å². The molecule has 25 heavy (non-hydrogen) atoms. The van der Waals surface area contributed by atoms with Gasteiger partial charge in [0, 0.05) is 18.6 Å². The quantitative estimate of drug-likeness (QED) is 0.842. The molecule has 0 aromatic carbocycles. The Hall–Kier alpha value is -1.47. The maximum Gasteiger partial charge on any atom is 0.273 e. The molecule has 1 unspecified atom stereocenters. The molecule has 3 heterocycles. The molecule has 2 N–H and O–H groups in total. The lowest BCUT2D eigenvalue weighted by molar-refractivity contribution is 0.0656. The summed E-state index contributed by atoms with van der Waals surface area (Å²) in [6.07, 6.45) is 6.40. The highest BCUT2D eigenvalue weighted by atomic mass is 16.2. The highest BCUT2D eigenvalue weighted by Gasteiger charge is 2.30. The fourth-order valence-electron chi connectivity index (χ4n) is 3.87. The summed E-state index contributed by atoms with van der Waals surface area (Å²) in [6.45, 7) is 11.5. The number of nitrogens with zero attached hydrogens (tertiary/aromatic N) is 4. The topological polar surface area (TPSA) is 75.1 Å². The Balaban J connectivity index is 1.54. The Labute approximate surface area is 150 Å². The van der Waals surface area contributed by atoms with Crippen molar-refractivity contribution in [2.24, 2.45) is 5.92 Å². The van der Waals surface area contributed by atoms with Gasteiger partial charge in [-0.25, -0.2) is 4.68 Å². The molecule has 0 radical (unpaired) electrons. The minimum atomic E-state index is -0.127. The molecule has 1 amide bonds. The van der Waals surface area contributed by atoms with E-state index in [2.05, 4.69) is 46.6 Å². The van der Waals surface area contributed by atoms with Crippen LogP contribution in [0.4, 0.5) is 0 Å². The van der Waals surface area contributed by atoms with E-state index in [1.165, 1.54) is 12.8 Å². The van der Waals surface area contributed by atoms with Gasteiger partial charge in [-0.3, -0.25) is 9.69 Å². The average Bonchev–Trinajstić information content (AvgIpc) is 3.11. The first-order valence-corrected chi connectivity index (χ1v) is 9.61. The molecule has 140 valence electrons. The van der Waals surface area contributed by atoms with Gasteiger partial charge in [-0.05, 0) is 65.1 Å². The molecule has 0 aliphatic carbocycles. The minimum absolute atomic E-state index is 0.0463. The lowest BCUT2D eigenvalue weighted by Crippen LogP contribution is -2.54. The Morgan fingerprint density at radius 3 is 2.84 bits per heavy atom. The molecular weight excluding hydrogens is 316 g/mol. The van der Waals surface area contributed by atoms with E-state index in [1.54, 1.807) is 6.20 Å². The fourth-order valence-corrected chi connectivity index (χ4v) is 3.87. The summed E-state index contributed by atoms with van der Waals surface area (Å²) in [6, 6.07) is 0.349. The van der Waals surface area contributed by atoms with Crippen LogP contribution in [-0.4, -0.2) is 64.1 Å². The monoisotopic (exact) mass is 348 g/mol. The molecule has 2 aliphatic heterocycles. The molecule has 1 atom stereocenters. The summed E-state index contributed by atoms with van der Waals surface area (Å²) in [5.74, 6) is 0.604. The molecule has 2 saturated heterocycles. The van der Waals surface area contributed by atoms with E-state index in [1.807, 2.05) is 4.68 Å². The Morgan fingerprint density at radius 2 is 2.12 bits per heavy atom. The van der Waals surface area contributed by atoms with Crippen LogP contribution in [0.25, 0.3) is 0 Å². The summed E-state index contributed by atoms with van der Waals surface area (Å²) in [5, 5.41) is 14.7. The molecule has 0 spiro atoms. The van der Waals surface area contributed by atoms with Gasteiger partial charge in [-0.1, -0.05) is 12.1 Å². The molecule has 1 aromatic heterocycles. The summed E-state index contributed by atoms with van der Waals surface area (Å²) < 4.78 is 1.85. The molecule has 1 aromatic rings. The van der Waals surface area contributed by atoms with Gasteiger partial charge in [0.05, 0.1) is 12.2 Å². The second-order valence-corrected chi connectivity index (χ2v) is 8.25. The molecular formula is C18H32N6O. The van der Waals surface area contributed by atoms with Crippen molar-refractivity contribution in [2.75, 3.05) is 32.7 Å². The zero-order valence-electron chi connectivity index (χ0n) is 15.8. The summed E-state index contributed by atoms with van der Waals surface area (Å²) in [4.78, 5) is 15.0. The van der Waals surface area contributed by atoms with Crippen molar-refractivity contribution in [2.45, 2.75) is 58.0 Å². The normalized spacial score (nSPS) is 23.6. The fraction of sp³-hybridized carbons (Fsp3) is 0.833. The second kappa shape index (κ2) is 7.83. The molecule has 7 heteroatoms. The maximum absolute atomic E-state index is 12.5. The van der Waals surface area contributed by atoms with E-state index in [0.717, 1.165) is 44.9 Å². The van der Waals surface area contributed by atoms with Crippen molar-refractivity contribution in [3.63, 3.8) is 0 Å². The van der Waals surface area contributed by atoms with Crippen LogP contribution in [0.2, 0.25) is 0 Å². The summed E-state index contributed by atoms with van der Waals surface area (Å²) in [5.41, 5.74) is 0.372. The van der Waals surface area contributed by atoms with Gasteiger partial charge in [0.2, 0.25) is 0 Å². The average molecular weight is 348 g/mol. The molecule has 2 aliphatic rings. The number of nitrogens with one attached hydrogen (secondary N) is 2. The Morgan fingerprint density at radius 1 is 1.36 bits per heavy atom. The van der Waals surface area contributed by atoms with Crippen LogP contribution < -0.4 is 10.6 Å². The van der Waals surface area contributed by atoms with Crippen LogP contribution in [0.15, 0.2) is 6.20 Å². The molecule has 2 fully saturated rings. The van der Waals surface area contributed by atoms with Gasteiger partial charge in [0.25, 0.3) is 5.91 Å². The lowest BCUT2D eigenvalue weighted by atomic mass is 9.93. The van der Waals surface area contributed by atoms with E-state index < -0.39 is 0 Å². The third kappa shape index (κ3) is 4.58. The first-order chi connectivity index (χ1) is 12.0. The van der Waals surface area contributed by atoms with Crippen molar-refractivity contribution in [3.8, 4) is 0 Å². The van der Waals surface area contributed by atoms with Crippen molar-refractivity contribution in [3.05, 3.63) is 11.9 Å². The number of hydrogen-bond acceptors (Lipinski definition) is 5. The van der Waals surface area contributed by atoms with E-state index in [4.69, 9.17) is 0 Å². The Bertz CT molecular complexity index is 578. The third-order valence-corrected chi connectivity index (χ3v) is 5.62. The lowest BCUT2D eigenvalue weighted by Gasteiger charge is -2.43. The highest BCUT2D eigenvalue weighted by molar-refractivity contribution is 5.91. The summed E-state index contributed by atoms with van der Waals surface area (Å²) in [7, 11) is 0. The molecule has 0 saturated carbocycles. The van der Waals surface area contributed by atoms with Crippen LogP contribution in [0, 0.1) is 5.92 Å². The summed E-state index contributed by atoms with van der Waals surface area (Å²) >= 11 is 0. The number of hydrogen-bond donors (Lipinski definition) is 2. The number of carbonyl (C=O) groups excluding carboxylic acids is 1. The van der Waals surface area contributed by atoms with Crippen molar-refractivity contribution in [1.82, 2.24) is 30.5 Å². The number of rotatable bonds is 5. The van der Waals surface area contributed by atoms with E-state index in [0.29, 0.717) is 18.3 Å². The van der Waals surface area contributed by atoms with Crippen LogP contribution in [-0.2, 0) is 0 Å². The van der Waals surface area contributed by atoms with Gasteiger partial charge < -0.3 is 10.6 Å². The standard InChI is InChI=1S/C18H32N6O/c1-14-5-4-10-23(11-14)18(2,3)13-20-17(25)16-12-24(22-21-16)15-6-8-19-9-7-15/h12,14-15,19H,4-11,13H2,1-3H3,(H,20,25). The largest absolute Gasteiger partial charge is 0.349 e. The van der Waals surface area contributed by atoms with E-state index >= 15 is 0 Å². The van der Waals surface area contributed by atoms with E-state index in [9.17, 15) is 4.79 Å². The van der Waals surface area contributed by atoms with Crippen LogP contribution in [0.3, 0.4) is 0 Å². The van der Waals surface area contributed by atoms with Gasteiger partial charge in [0.1, 0.15) is 0 Å². The maximum atomic E-state index is 12.5. The number of carbonyl (C=O) groups is 1. The smallest absolute Gasteiger partial charge is 0.273 e. The SMILES string of the molecule is CC1CCCN(C(C)(C)CNC(=O)c2cn(C3CCNCC3)nn2)C1. The number of amides is 1. The van der Waals surface area contributed by atoms with Gasteiger partial charge >= 0.3 is 0 Å². The van der Waals surface area contributed by atoms with E-state index in [-0.39, 0.29) is 11.4 Å². The number of likely N-dealkylation sites (tertiary alicyclic amines) is 1. The first kappa shape index (κ1) is 18.3. The third-order valence-electron chi connectivity index (χ3n) is 5.62. The van der Waals surface area contributed by atoms with Gasteiger partial charge in [-0.2, -0.15) is 0 Å².